The van der Waals surface area contributed by atoms with Crippen LogP contribution in [-0.2, 0) is 13.2 Å². The molecule has 1 heterocycles. The van der Waals surface area contributed by atoms with E-state index < -0.39 is 11.9 Å². The molecule has 2 N–H and O–H groups in total. The van der Waals surface area contributed by atoms with E-state index in [0.29, 0.717) is 18.1 Å². The second kappa shape index (κ2) is 10.9. The predicted molar refractivity (Wildman–Crippen MR) is 129 cm³/mol. The first-order chi connectivity index (χ1) is 16.6. The monoisotopic (exact) mass is 455 g/mol. The molecule has 0 atom stereocenters. The Bertz CT molecular complexity index is 1240. The van der Waals surface area contributed by atoms with Gasteiger partial charge in [0.25, 0.3) is 0 Å². The summed E-state index contributed by atoms with van der Waals surface area (Å²) in [4.78, 5) is 26.4. The maximum absolute atomic E-state index is 12.5. The minimum atomic E-state index is -0.558. The van der Waals surface area contributed by atoms with Crippen LogP contribution >= 0.6 is 0 Å². The van der Waals surface area contributed by atoms with E-state index in [4.69, 9.17) is 9.15 Å². The van der Waals surface area contributed by atoms with Gasteiger partial charge < -0.3 is 14.1 Å². The van der Waals surface area contributed by atoms with Gasteiger partial charge in [0.2, 0.25) is 0 Å². The van der Waals surface area contributed by atoms with Crippen molar-refractivity contribution in [3.8, 4) is 16.9 Å². The number of nitrogens with zero attached hydrogens (tertiary/aromatic N) is 1. The van der Waals surface area contributed by atoms with Gasteiger partial charge in [-0.15, -0.1) is 0 Å². The van der Waals surface area contributed by atoms with Crippen LogP contribution in [0.25, 0.3) is 11.1 Å². The van der Waals surface area contributed by atoms with E-state index in [1.165, 1.54) is 11.0 Å². The molecule has 3 aromatic carbocycles. The first kappa shape index (κ1) is 22.7. The smallest absolute Gasteiger partial charge is 0.336 e. The van der Waals surface area contributed by atoms with Gasteiger partial charge in [-0.2, -0.15) is 0 Å². The number of para-hydroxylation sites is 1. The molecule has 0 unspecified atom stereocenters. The lowest BCUT2D eigenvalue weighted by atomic mass is 9.99. The molecule has 0 spiro atoms. The average molecular weight is 456 g/mol. The van der Waals surface area contributed by atoms with Crippen LogP contribution in [0.2, 0.25) is 0 Å². The summed E-state index contributed by atoms with van der Waals surface area (Å²) in [5.74, 6) is 0.713. The Morgan fingerprint density at radius 3 is 2.26 bits per heavy atom. The number of nitrogens with one attached hydrogen (secondary N) is 2. The molecule has 3 amide bonds. The minimum Gasteiger partial charge on any atom is -0.486 e. The molecule has 0 radical (unpaired) electrons. The number of amides is 3. The molecule has 7 nitrogen and oxygen atoms in total. The van der Waals surface area contributed by atoms with Crippen molar-refractivity contribution in [1.82, 2.24) is 15.8 Å². The van der Waals surface area contributed by atoms with Gasteiger partial charge >= 0.3 is 11.9 Å². The zero-order valence-electron chi connectivity index (χ0n) is 18.7. The van der Waals surface area contributed by atoms with Crippen molar-refractivity contribution < 1.29 is 18.7 Å². The number of hydrogen-bond acceptors (Lipinski definition) is 4. The van der Waals surface area contributed by atoms with E-state index in [9.17, 15) is 9.59 Å². The van der Waals surface area contributed by atoms with Gasteiger partial charge in [-0.3, -0.25) is 10.2 Å². The third-order valence-corrected chi connectivity index (χ3v) is 5.15. The molecule has 1 aromatic heterocycles. The van der Waals surface area contributed by atoms with E-state index in [1.54, 1.807) is 13.1 Å². The van der Waals surface area contributed by atoms with Crippen LogP contribution < -0.4 is 15.6 Å². The van der Waals surface area contributed by atoms with Crippen LogP contribution in [0.5, 0.6) is 5.75 Å². The van der Waals surface area contributed by atoms with Crippen molar-refractivity contribution in [2.45, 2.75) is 13.2 Å². The molecule has 4 rings (SSSR count). The largest absolute Gasteiger partial charge is 0.486 e. The Kier molecular flexibility index (Phi) is 7.25. The van der Waals surface area contributed by atoms with Crippen LogP contribution in [0.1, 0.15) is 21.9 Å². The summed E-state index contributed by atoms with van der Waals surface area (Å²) in [5, 5.41) is 0. The maximum atomic E-state index is 12.5. The van der Waals surface area contributed by atoms with Crippen molar-refractivity contribution in [3.63, 3.8) is 0 Å². The highest BCUT2D eigenvalue weighted by molar-refractivity contribution is 5.92. The van der Waals surface area contributed by atoms with Gasteiger partial charge in [-0.1, -0.05) is 72.8 Å². The molecule has 0 fully saturated rings. The molecular formula is C27H25N3O4. The lowest BCUT2D eigenvalue weighted by Crippen LogP contribution is -2.47. The SMILES string of the molecule is CN(Cc1ccccc1-c1ccccc1)C(=O)NNC(=O)c1ccc(COc2ccccc2)o1. The number of carbonyl (C=O) groups is 2. The zero-order chi connectivity index (χ0) is 23.8. The molecule has 0 aliphatic carbocycles. The van der Waals surface area contributed by atoms with Gasteiger partial charge in [0.05, 0.1) is 0 Å². The molecular weight excluding hydrogens is 430 g/mol. The molecule has 0 bridgehead atoms. The summed E-state index contributed by atoms with van der Waals surface area (Å²) in [6.45, 7) is 0.557. The van der Waals surface area contributed by atoms with Gasteiger partial charge in [0.1, 0.15) is 18.1 Å². The van der Waals surface area contributed by atoms with Crippen molar-refractivity contribution in [2.24, 2.45) is 0 Å². The quantitative estimate of drug-likeness (QED) is 0.384. The van der Waals surface area contributed by atoms with Crippen molar-refractivity contribution in [3.05, 3.63) is 114 Å². The first-order valence-electron chi connectivity index (χ1n) is 10.8. The predicted octanol–water partition coefficient (Wildman–Crippen LogP) is 5.01. The summed E-state index contributed by atoms with van der Waals surface area (Å²) in [7, 11) is 1.66. The fraction of sp³-hybridized carbons (Fsp3) is 0.111. The van der Waals surface area contributed by atoms with Gasteiger partial charge in [0.15, 0.2) is 5.76 Å². The lowest BCUT2D eigenvalue weighted by molar-refractivity contribution is 0.0899. The highest BCUT2D eigenvalue weighted by Gasteiger charge is 2.16. The number of rotatable bonds is 7. The molecule has 7 heteroatoms. The van der Waals surface area contributed by atoms with E-state index in [2.05, 4.69) is 10.9 Å². The molecule has 34 heavy (non-hydrogen) atoms. The molecule has 0 aliphatic rings. The van der Waals surface area contributed by atoms with E-state index in [0.717, 1.165) is 16.7 Å². The number of hydrogen-bond donors (Lipinski definition) is 2. The number of furan rings is 1. The van der Waals surface area contributed by atoms with Crippen LogP contribution in [-0.4, -0.2) is 23.9 Å². The van der Waals surface area contributed by atoms with Crippen molar-refractivity contribution in [2.75, 3.05) is 7.05 Å². The molecule has 0 saturated heterocycles. The molecule has 4 aromatic rings. The van der Waals surface area contributed by atoms with Crippen LogP contribution in [0.4, 0.5) is 4.79 Å². The third kappa shape index (κ3) is 5.83. The number of carbonyl (C=O) groups excluding carboxylic acids is 2. The summed E-state index contributed by atoms with van der Waals surface area (Å²) in [5.41, 5.74) is 7.92. The average Bonchev–Trinajstić information content (AvgIpc) is 3.36. The van der Waals surface area contributed by atoms with Crippen LogP contribution in [0.15, 0.2) is 101 Å². The van der Waals surface area contributed by atoms with E-state index >= 15 is 0 Å². The summed E-state index contributed by atoms with van der Waals surface area (Å²) in [6.07, 6.45) is 0. The Labute approximate surface area is 197 Å². The number of ether oxygens (including phenoxy) is 1. The Hall–Kier alpha value is -4.52. The number of benzene rings is 3. The Morgan fingerprint density at radius 1 is 0.824 bits per heavy atom. The third-order valence-electron chi connectivity index (χ3n) is 5.15. The second-order valence-corrected chi connectivity index (χ2v) is 7.63. The van der Waals surface area contributed by atoms with Crippen molar-refractivity contribution >= 4 is 11.9 Å². The normalized spacial score (nSPS) is 10.4. The Morgan fingerprint density at radius 2 is 1.50 bits per heavy atom. The summed E-state index contributed by atoms with van der Waals surface area (Å²) in [6, 6.07) is 29.9. The minimum absolute atomic E-state index is 0.0732. The fourth-order valence-electron chi connectivity index (χ4n) is 3.40. The highest BCUT2D eigenvalue weighted by atomic mass is 16.5. The Balaban J connectivity index is 1.29. The second-order valence-electron chi connectivity index (χ2n) is 7.63. The first-order valence-corrected chi connectivity index (χ1v) is 10.8. The molecule has 0 aliphatic heterocycles. The van der Waals surface area contributed by atoms with Crippen molar-refractivity contribution in [1.29, 1.82) is 0 Å². The molecule has 0 saturated carbocycles. The zero-order valence-corrected chi connectivity index (χ0v) is 18.7. The van der Waals surface area contributed by atoms with Gasteiger partial charge in [-0.05, 0) is 41.0 Å². The number of urea groups is 1. The number of hydrazine groups is 1. The highest BCUT2D eigenvalue weighted by Crippen LogP contribution is 2.24. The fourth-order valence-corrected chi connectivity index (χ4v) is 3.40. The lowest BCUT2D eigenvalue weighted by Gasteiger charge is -2.20. The topological polar surface area (TPSA) is 83.8 Å². The summed E-state index contributed by atoms with van der Waals surface area (Å²) >= 11 is 0. The summed E-state index contributed by atoms with van der Waals surface area (Å²) < 4.78 is 11.1. The maximum Gasteiger partial charge on any atom is 0.336 e. The van der Waals surface area contributed by atoms with Crippen LogP contribution in [0.3, 0.4) is 0 Å². The van der Waals surface area contributed by atoms with Gasteiger partial charge in [-0.25, -0.2) is 10.2 Å². The van der Waals surface area contributed by atoms with E-state index in [1.807, 2.05) is 84.9 Å². The van der Waals surface area contributed by atoms with E-state index in [-0.39, 0.29) is 12.4 Å². The molecule has 172 valence electrons. The standard InChI is InChI=1S/C27H25N3O4/c1-30(18-21-12-8-9-15-24(21)20-10-4-2-5-11-20)27(32)29-28-26(31)25-17-16-23(34-25)19-33-22-13-6-3-7-14-22/h2-17H,18-19H2,1H3,(H,28,31)(H,29,32). The van der Waals surface area contributed by atoms with Gasteiger partial charge in [0, 0.05) is 13.6 Å². The van der Waals surface area contributed by atoms with Crippen LogP contribution in [0, 0.1) is 0 Å².